The standard InChI is InChI=1S/C52H57NO7Si/c1-52(2,3)61(44-30-18-8-19-31-44,45-32-20-9-21-33-45)60-39-46(54)48-50(58-37-42-26-14-6-15-27-42)49(57-36-41-24-12-5-13-25-41)47(56-35-40-22-10-4-11-23-40)34-53(48)51(55)59-38-43-28-16-7-17-29-43/h4-33,46-50,54H,34-39H2,1-3H3/t46-,47?,48?,49?,50-/m1/s1. The second-order valence-corrected chi connectivity index (χ2v) is 20.9. The van der Waals surface area contributed by atoms with Crippen molar-refractivity contribution in [1.29, 1.82) is 0 Å². The van der Waals surface area contributed by atoms with Crippen LogP contribution in [0.5, 0.6) is 0 Å². The quantitative estimate of drug-likeness (QED) is 0.0921. The fourth-order valence-electron chi connectivity index (χ4n) is 8.35. The lowest BCUT2D eigenvalue weighted by Gasteiger charge is -2.50. The van der Waals surface area contributed by atoms with E-state index in [0.717, 1.165) is 32.6 Å². The summed E-state index contributed by atoms with van der Waals surface area (Å²) in [4.78, 5) is 16.2. The molecular weight excluding hydrogens is 779 g/mol. The van der Waals surface area contributed by atoms with E-state index in [9.17, 15) is 9.90 Å². The van der Waals surface area contributed by atoms with Crippen molar-refractivity contribution < 1.29 is 33.3 Å². The minimum absolute atomic E-state index is 0.0521. The highest BCUT2D eigenvalue weighted by molar-refractivity contribution is 6.99. The molecule has 1 N–H and O–H groups in total. The summed E-state index contributed by atoms with van der Waals surface area (Å²) in [6.45, 7) is 7.39. The van der Waals surface area contributed by atoms with E-state index in [-0.39, 0.29) is 44.6 Å². The smallest absolute Gasteiger partial charge is 0.410 e. The number of hydrogen-bond acceptors (Lipinski definition) is 7. The summed E-state index contributed by atoms with van der Waals surface area (Å²) < 4.78 is 33.9. The Morgan fingerprint density at radius 2 is 0.951 bits per heavy atom. The highest BCUT2D eigenvalue weighted by Crippen LogP contribution is 2.38. The lowest BCUT2D eigenvalue weighted by molar-refractivity contribution is -0.212. The number of hydrogen-bond donors (Lipinski definition) is 1. The maximum absolute atomic E-state index is 14.6. The van der Waals surface area contributed by atoms with Gasteiger partial charge in [-0.05, 0) is 37.7 Å². The molecule has 8 nitrogen and oxygen atoms in total. The van der Waals surface area contributed by atoms with Gasteiger partial charge in [0.05, 0.1) is 45.1 Å². The summed E-state index contributed by atoms with van der Waals surface area (Å²) in [5, 5.41) is 14.7. The van der Waals surface area contributed by atoms with Crippen LogP contribution in [0.25, 0.3) is 0 Å². The Kier molecular flexibility index (Phi) is 15.0. The number of nitrogens with zero attached hydrogens (tertiary/aromatic N) is 1. The predicted octanol–water partition coefficient (Wildman–Crippen LogP) is 8.70. The van der Waals surface area contributed by atoms with Gasteiger partial charge in [-0.15, -0.1) is 0 Å². The molecule has 9 heteroatoms. The van der Waals surface area contributed by atoms with E-state index >= 15 is 0 Å². The Bertz CT molecular complexity index is 2150. The molecule has 0 saturated carbocycles. The van der Waals surface area contributed by atoms with Crippen LogP contribution in [0.3, 0.4) is 0 Å². The summed E-state index contributed by atoms with van der Waals surface area (Å²) in [6.07, 6.45) is -4.07. The molecular formula is C52H57NO7Si. The van der Waals surface area contributed by atoms with Crippen molar-refractivity contribution in [3.05, 3.63) is 204 Å². The summed E-state index contributed by atoms with van der Waals surface area (Å²) in [6, 6.07) is 59.0. The Hall–Kier alpha value is -5.39. The minimum Gasteiger partial charge on any atom is -0.445 e. The third-order valence-corrected chi connectivity index (χ3v) is 16.4. The third-order valence-electron chi connectivity index (χ3n) is 11.4. The number of ether oxygens (including phenoxy) is 4. The van der Waals surface area contributed by atoms with E-state index in [4.69, 9.17) is 23.4 Å². The zero-order chi connectivity index (χ0) is 42.5. The fraction of sp³-hybridized carbons (Fsp3) is 0.288. The average molecular weight is 836 g/mol. The number of carbonyl (C=O) groups excluding carboxylic acids is 1. The molecule has 0 radical (unpaired) electrons. The number of aliphatic hydroxyl groups is 1. The lowest BCUT2D eigenvalue weighted by Crippen LogP contribution is -2.70. The molecule has 1 amide bonds. The van der Waals surface area contributed by atoms with Crippen molar-refractivity contribution in [3.8, 4) is 0 Å². The van der Waals surface area contributed by atoms with Gasteiger partial charge >= 0.3 is 6.09 Å². The van der Waals surface area contributed by atoms with Gasteiger partial charge in [-0.2, -0.15) is 0 Å². The number of rotatable bonds is 17. The van der Waals surface area contributed by atoms with Gasteiger partial charge in [0.15, 0.2) is 0 Å². The van der Waals surface area contributed by atoms with E-state index in [1.165, 1.54) is 0 Å². The monoisotopic (exact) mass is 835 g/mol. The van der Waals surface area contributed by atoms with Crippen LogP contribution >= 0.6 is 0 Å². The molecule has 6 aromatic rings. The molecule has 1 heterocycles. The summed E-state index contributed by atoms with van der Waals surface area (Å²) >= 11 is 0. The number of amides is 1. The molecule has 7 rings (SSSR count). The third kappa shape index (κ3) is 10.9. The zero-order valence-electron chi connectivity index (χ0n) is 35.3. The molecule has 1 fully saturated rings. The van der Waals surface area contributed by atoms with Crippen molar-refractivity contribution >= 4 is 24.8 Å². The largest absolute Gasteiger partial charge is 0.445 e. The maximum atomic E-state index is 14.6. The van der Waals surface area contributed by atoms with E-state index in [1.54, 1.807) is 4.90 Å². The highest BCUT2D eigenvalue weighted by atomic mass is 28.4. The average Bonchev–Trinajstić information content (AvgIpc) is 3.30. The Labute approximate surface area is 361 Å². The molecule has 3 unspecified atom stereocenters. The van der Waals surface area contributed by atoms with Crippen LogP contribution in [0.1, 0.15) is 43.0 Å². The maximum Gasteiger partial charge on any atom is 0.410 e. The van der Waals surface area contributed by atoms with Crippen molar-refractivity contribution in [2.75, 3.05) is 13.2 Å². The first-order valence-electron chi connectivity index (χ1n) is 21.1. The van der Waals surface area contributed by atoms with Crippen LogP contribution < -0.4 is 10.4 Å². The number of aliphatic hydroxyl groups excluding tert-OH is 1. The number of likely N-dealkylation sites (tertiary alicyclic amines) is 1. The van der Waals surface area contributed by atoms with Gasteiger partial charge in [0.2, 0.25) is 0 Å². The first-order chi connectivity index (χ1) is 29.7. The van der Waals surface area contributed by atoms with E-state index in [2.05, 4.69) is 45.0 Å². The number of benzene rings is 6. The molecule has 1 saturated heterocycles. The van der Waals surface area contributed by atoms with Gasteiger partial charge in [-0.25, -0.2) is 4.79 Å². The van der Waals surface area contributed by atoms with Gasteiger partial charge in [-0.1, -0.05) is 203 Å². The Morgan fingerprint density at radius 1 is 0.574 bits per heavy atom. The number of carbonyl (C=O) groups is 1. The molecule has 316 valence electrons. The van der Waals surface area contributed by atoms with Crippen LogP contribution in [0, 0.1) is 0 Å². The highest BCUT2D eigenvalue weighted by Gasteiger charge is 2.54. The van der Waals surface area contributed by atoms with Gasteiger partial charge in [0.25, 0.3) is 8.32 Å². The second-order valence-electron chi connectivity index (χ2n) is 16.6. The van der Waals surface area contributed by atoms with Crippen molar-refractivity contribution in [2.45, 2.75) is 82.7 Å². The van der Waals surface area contributed by atoms with Crippen molar-refractivity contribution in [3.63, 3.8) is 0 Å². The van der Waals surface area contributed by atoms with Crippen LogP contribution in [0.2, 0.25) is 5.04 Å². The molecule has 0 aromatic heterocycles. The van der Waals surface area contributed by atoms with Crippen molar-refractivity contribution in [1.82, 2.24) is 4.90 Å². The Balaban J connectivity index is 1.29. The summed E-state index contributed by atoms with van der Waals surface area (Å²) in [5.41, 5.74) is 3.73. The van der Waals surface area contributed by atoms with Crippen LogP contribution in [-0.4, -0.2) is 68.0 Å². The molecule has 0 aliphatic carbocycles. The molecule has 0 bridgehead atoms. The second kappa shape index (κ2) is 20.9. The Morgan fingerprint density at radius 3 is 1.38 bits per heavy atom. The van der Waals surface area contributed by atoms with Gasteiger partial charge < -0.3 is 28.5 Å². The predicted molar refractivity (Wildman–Crippen MR) is 242 cm³/mol. The van der Waals surface area contributed by atoms with Crippen LogP contribution in [-0.2, 0) is 49.8 Å². The molecule has 6 aromatic carbocycles. The first kappa shape index (κ1) is 43.7. The van der Waals surface area contributed by atoms with E-state index < -0.39 is 44.9 Å². The first-order valence-corrected chi connectivity index (χ1v) is 23.0. The summed E-state index contributed by atoms with van der Waals surface area (Å²) in [7, 11) is -3.11. The zero-order valence-corrected chi connectivity index (χ0v) is 36.3. The molecule has 1 aliphatic rings. The van der Waals surface area contributed by atoms with Crippen LogP contribution in [0.15, 0.2) is 182 Å². The fourth-order valence-corrected chi connectivity index (χ4v) is 12.9. The van der Waals surface area contributed by atoms with Crippen LogP contribution in [0.4, 0.5) is 4.79 Å². The minimum atomic E-state index is -3.11. The summed E-state index contributed by atoms with van der Waals surface area (Å²) in [5.74, 6) is 0. The van der Waals surface area contributed by atoms with Gasteiger partial charge in [0, 0.05) is 0 Å². The topological polar surface area (TPSA) is 86.7 Å². The molecule has 61 heavy (non-hydrogen) atoms. The van der Waals surface area contributed by atoms with E-state index in [1.807, 2.05) is 158 Å². The SMILES string of the molecule is CC(C)(C)[Si](OC[C@@H](O)C1[C@@H](OCc2ccccc2)C(OCc2ccccc2)C(OCc2ccccc2)CN1C(=O)OCc1ccccc1)(c1ccccc1)c1ccccc1. The molecule has 0 spiro atoms. The normalized spacial score (nSPS) is 18.7. The molecule has 5 atom stereocenters. The molecule has 1 aliphatic heterocycles. The van der Waals surface area contributed by atoms with E-state index in [0.29, 0.717) is 0 Å². The lowest BCUT2D eigenvalue weighted by atomic mass is 9.89. The van der Waals surface area contributed by atoms with Crippen molar-refractivity contribution in [2.24, 2.45) is 0 Å². The van der Waals surface area contributed by atoms with Gasteiger partial charge in [0.1, 0.15) is 24.9 Å². The van der Waals surface area contributed by atoms with Gasteiger partial charge in [-0.3, -0.25) is 4.90 Å². The number of piperidine rings is 1.